The molecule has 0 aromatic rings. The Labute approximate surface area is 87.0 Å². The topological polar surface area (TPSA) is 29.5 Å². The first-order valence-electron chi connectivity index (χ1n) is 5.49. The Bertz CT molecular complexity index is 206. The molecule has 0 aliphatic carbocycles. The summed E-state index contributed by atoms with van der Waals surface area (Å²) in [7, 11) is 0. The van der Waals surface area contributed by atoms with Gasteiger partial charge < -0.3 is 9.84 Å². The zero-order valence-electron chi connectivity index (χ0n) is 9.55. The molecule has 14 heavy (non-hydrogen) atoms. The van der Waals surface area contributed by atoms with Gasteiger partial charge in [0.2, 0.25) is 0 Å². The summed E-state index contributed by atoms with van der Waals surface area (Å²) in [5, 5.41) is 10.2. The normalized spacial score (nSPS) is 32.7. The maximum Gasteiger partial charge on any atom is 0.0697 e. The second-order valence-corrected chi connectivity index (χ2v) is 4.68. The maximum absolute atomic E-state index is 10.2. The van der Waals surface area contributed by atoms with Gasteiger partial charge in [0, 0.05) is 13.0 Å². The lowest BCUT2D eigenvalue weighted by molar-refractivity contribution is -0.0998. The van der Waals surface area contributed by atoms with Crippen LogP contribution >= 0.6 is 0 Å². The number of allylic oxidation sites excluding steroid dienone is 2. The van der Waals surface area contributed by atoms with Gasteiger partial charge in [-0.1, -0.05) is 11.6 Å². The van der Waals surface area contributed by atoms with Gasteiger partial charge >= 0.3 is 0 Å². The van der Waals surface area contributed by atoms with Gasteiger partial charge in [-0.25, -0.2) is 0 Å². The van der Waals surface area contributed by atoms with E-state index >= 15 is 0 Å². The molecule has 82 valence electrons. The summed E-state index contributed by atoms with van der Waals surface area (Å²) in [5.41, 5.74) is 0.845. The van der Waals surface area contributed by atoms with Crippen LogP contribution in [0.15, 0.2) is 11.6 Å². The summed E-state index contributed by atoms with van der Waals surface area (Å²) < 4.78 is 5.43. The van der Waals surface area contributed by atoms with Crippen molar-refractivity contribution in [2.45, 2.75) is 58.2 Å². The minimum absolute atomic E-state index is 0.209. The van der Waals surface area contributed by atoms with E-state index in [9.17, 15) is 5.11 Å². The molecule has 0 amide bonds. The molecule has 1 heterocycles. The largest absolute Gasteiger partial charge is 0.390 e. The zero-order valence-corrected chi connectivity index (χ0v) is 9.55. The summed E-state index contributed by atoms with van der Waals surface area (Å²) in [4.78, 5) is 0. The van der Waals surface area contributed by atoms with Crippen LogP contribution in [0.2, 0.25) is 0 Å². The van der Waals surface area contributed by atoms with E-state index in [1.165, 1.54) is 5.57 Å². The third-order valence-electron chi connectivity index (χ3n) is 2.80. The Hall–Kier alpha value is -0.340. The van der Waals surface area contributed by atoms with Crippen molar-refractivity contribution in [3.8, 4) is 0 Å². The van der Waals surface area contributed by atoms with Crippen molar-refractivity contribution in [1.82, 2.24) is 0 Å². The first kappa shape index (κ1) is 11.7. The van der Waals surface area contributed by atoms with E-state index in [-0.39, 0.29) is 6.10 Å². The fraction of sp³-hybridized carbons (Fsp3) is 0.833. The molecule has 0 radical (unpaired) electrons. The number of aliphatic hydroxyl groups is 1. The molecule has 0 saturated carbocycles. The summed E-state index contributed by atoms with van der Waals surface area (Å²) >= 11 is 0. The molecule has 2 heteroatoms. The predicted molar refractivity (Wildman–Crippen MR) is 58.3 cm³/mol. The molecule has 2 unspecified atom stereocenters. The molecular formula is C12H22O2. The van der Waals surface area contributed by atoms with Crippen LogP contribution in [0, 0.1) is 0 Å². The Morgan fingerprint density at radius 2 is 2.29 bits per heavy atom. The first-order chi connectivity index (χ1) is 6.52. The van der Waals surface area contributed by atoms with Crippen LogP contribution < -0.4 is 0 Å². The van der Waals surface area contributed by atoms with E-state index in [0.29, 0.717) is 6.61 Å². The number of hydrogen-bond acceptors (Lipinski definition) is 2. The minimum Gasteiger partial charge on any atom is -0.390 e. The lowest BCUT2D eigenvalue weighted by Gasteiger charge is -2.35. The van der Waals surface area contributed by atoms with Crippen LogP contribution in [0.5, 0.6) is 0 Å². The van der Waals surface area contributed by atoms with Gasteiger partial charge in [0.1, 0.15) is 0 Å². The van der Waals surface area contributed by atoms with Crippen molar-refractivity contribution in [3.63, 3.8) is 0 Å². The second-order valence-electron chi connectivity index (χ2n) is 4.68. The molecule has 1 aliphatic heterocycles. The summed E-state index contributed by atoms with van der Waals surface area (Å²) in [5.74, 6) is 0. The van der Waals surface area contributed by atoms with Crippen molar-refractivity contribution >= 4 is 0 Å². The molecule has 0 bridgehead atoms. The van der Waals surface area contributed by atoms with Gasteiger partial charge in [-0.15, -0.1) is 0 Å². The lowest BCUT2D eigenvalue weighted by Crippen LogP contribution is -2.39. The van der Waals surface area contributed by atoms with E-state index in [1.54, 1.807) is 0 Å². The zero-order chi connectivity index (χ0) is 10.6. The van der Waals surface area contributed by atoms with Crippen LogP contribution in [0.25, 0.3) is 0 Å². The van der Waals surface area contributed by atoms with Crippen molar-refractivity contribution in [3.05, 3.63) is 11.6 Å². The summed E-state index contributed by atoms with van der Waals surface area (Å²) in [6, 6.07) is 0. The molecule has 1 N–H and O–H groups in total. The predicted octanol–water partition coefficient (Wildman–Crippen LogP) is 2.66. The molecule has 1 rings (SSSR count). The minimum atomic E-state index is -0.483. The highest BCUT2D eigenvalue weighted by Crippen LogP contribution is 2.29. The summed E-state index contributed by atoms with van der Waals surface area (Å²) in [6.45, 7) is 6.92. The second kappa shape index (κ2) is 4.94. The Balaban J connectivity index is 2.37. The highest BCUT2D eigenvalue weighted by atomic mass is 16.5. The van der Waals surface area contributed by atoms with Crippen LogP contribution in [-0.4, -0.2) is 23.4 Å². The summed E-state index contributed by atoms with van der Waals surface area (Å²) in [6.07, 6.45) is 5.81. The fourth-order valence-corrected chi connectivity index (χ4v) is 2.00. The van der Waals surface area contributed by atoms with E-state index in [2.05, 4.69) is 19.9 Å². The lowest BCUT2D eigenvalue weighted by atomic mass is 9.86. The van der Waals surface area contributed by atoms with Crippen LogP contribution in [-0.2, 0) is 4.74 Å². The van der Waals surface area contributed by atoms with Crippen molar-refractivity contribution in [2.75, 3.05) is 6.61 Å². The van der Waals surface area contributed by atoms with E-state index < -0.39 is 5.60 Å². The molecule has 0 aromatic carbocycles. The molecule has 2 atom stereocenters. The maximum atomic E-state index is 10.2. The van der Waals surface area contributed by atoms with Gasteiger partial charge in [-0.05, 0) is 40.0 Å². The van der Waals surface area contributed by atoms with Gasteiger partial charge in [0.05, 0.1) is 11.7 Å². The van der Waals surface area contributed by atoms with Crippen molar-refractivity contribution in [2.24, 2.45) is 0 Å². The average Bonchev–Trinajstić information content (AvgIpc) is 2.01. The van der Waals surface area contributed by atoms with Gasteiger partial charge in [-0.3, -0.25) is 0 Å². The number of hydrogen-bond donors (Lipinski definition) is 1. The average molecular weight is 198 g/mol. The quantitative estimate of drug-likeness (QED) is 0.706. The Kier molecular flexibility index (Phi) is 4.14. The molecular weight excluding hydrogens is 176 g/mol. The molecule has 1 saturated heterocycles. The Morgan fingerprint density at radius 3 is 2.86 bits per heavy atom. The molecule has 1 fully saturated rings. The molecule has 0 aromatic heterocycles. The number of ether oxygens (including phenoxy) is 1. The van der Waals surface area contributed by atoms with Gasteiger partial charge in [-0.2, -0.15) is 0 Å². The third kappa shape index (κ3) is 3.81. The van der Waals surface area contributed by atoms with Crippen molar-refractivity contribution in [1.29, 1.82) is 0 Å². The highest BCUT2D eigenvalue weighted by molar-refractivity contribution is 4.95. The van der Waals surface area contributed by atoms with Crippen LogP contribution in [0.4, 0.5) is 0 Å². The van der Waals surface area contributed by atoms with E-state index in [0.717, 1.165) is 25.7 Å². The van der Waals surface area contributed by atoms with Crippen LogP contribution in [0.3, 0.4) is 0 Å². The first-order valence-corrected chi connectivity index (χ1v) is 5.49. The highest BCUT2D eigenvalue weighted by Gasteiger charge is 2.32. The van der Waals surface area contributed by atoms with Gasteiger partial charge in [0.25, 0.3) is 0 Å². The fourth-order valence-electron chi connectivity index (χ4n) is 2.00. The number of rotatable bonds is 3. The standard InChI is InChI=1S/C12H22O2/c1-10(2)5-4-6-12(13)7-8-14-11(3)9-12/h5,11,13H,4,6-9H2,1-3H3. The Morgan fingerprint density at radius 1 is 1.57 bits per heavy atom. The van der Waals surface area contributed by atoms with Crippen LogP contribution in [0.1, 0.15) is 46.5 Å². The van der Waals surface area contributed by atoms with Crippen molar-refractivity contribution < 1.29 is 9.84 Å². The van der Waals surface area contributed by atoms with E-state index in [1.807, 2.05) is 6.92 Å². The van der Waals surface area contributed by atoms with E-state index in [4.69, 9.17) is 4.74 Å². The third-order valence-corrected chi connectivity index (χ3v) is 2.80. The molecule has 2 nitrogen and oxygen atoms in total. The molecule has 0 spiro atoms. The SMILES string of the molecule is CC(C)=CCCC1(O)CCOC(C)C1. The van der Waals surface area contributed by atoms with Gasteiger partial charge in [0.15, 0.2) is 0 Å². The smallest absolute Gasteiger partial charge is 0.0697 e. The monoisotopic (exact) mass is 198 g/mol. The molecule has 1 aliphatic rings.